The maximum Gasteiger partial charge on any atom is 0.268 e. The number of aryl methyl sites for hydroxylation is 1. The number of halogens is 2. The Hall–Kier alpha value is -2.41. The fourth-order valence-corrected chi connectivity index (χ4v) is 5.36. The second-order valence-electron chi connectivity index (χ2n) is 6.78. The van der Waals surface area contributed by atoms with Crippen LogP contribution in [0.25, 0.3) is 0 Å². The van der Waals surface area contributed by atoms with Crippen molar-refractivity contribution < 1.29 is 18.4 Å². The van der Waals surface area contributed by atoms with Crippen LogP contribution in [-0.4, -0.2) is 29.0 Å². The van der Waals surface area contributed by atoms with Gasteiger partial charge in [0.1, 0.15) is 11.6 Å². The molecule has 0 aromatic heterocycles. The summed E-state index contributed by atoms with van der Waals surface area (Å²) in [5.74, 6) is -1.29. The van der Waals surface area contributed by atoms with Crippen LogP contribution in [-0.2, 0) is 21.0 Å². The Balaban J connectivity index is 1.86. The van der Waals surface area contributed by atoms with Gasteiger partial charge in [0.25, 0.3) is 5.91 Å². The lowest BCUT2D eigenvalue weighted by Crippen LogP contribution is -2.49. The van der Waals surface area contributed by atoms with E-state index in [0.717, 1.165) is 5.56 Å². The van der Waals surface area contributed by atoms with E-state index in [1.807, 2.05) is 19.1 Å². The SMILES string of the molecule is CC(=O)N1CCSC12C(=O)N(Cc1c(F)cccc1F)c1ccc(C)cc12. The van der Waals surface area contributed by atoms with Gasteiger partial charge in [-0.25, -0.2) is 8.78 Å². The highest BCUT2D eigenvalue weighted by molar-refractivity contribution is 8.01. The summed E-state index contributed by atoms with van der Waals surface area (Å²) in [6.07, 6.45) is 0. The smallest absolute Gasteiger partial charge is 0.268 e. The zero-order chi connectivity index (χ0) is 19.3. The number of carbonyl (C=O) groups excluding carboxylic acids is 2. The second kappa shape index (κ2) is 6.34. The molecule has 2 aliphatic heterocycles. The number of rotatable bonds is 2. The molecule has 0 saturated carbocycles. The molecule has 0 radical (unpaired) electrons. The summed E-state index contributed by atoms with van der Waals surface area (Å²) in [5.41, 5.74) is 2.10. The van der Waals surface area contributed by atoms with Crippen molar-refractivity contribution in [3.63, 3.8) is 0 Å². The molecule has 4 nitrogen and oxygen atoms in total. The standard InChI is InChI=1S/C20H18F2N2O2S/c1-12-6-7-18-15(10-12)20(24(13(2)25)8-9-27-20)19(26)23(18)11-14-16(21)4-3-5-17(14)22/h3-7,10H,8-9,11H2,1-2H3. The molecule has 140 valence electrons. The zero-order valence-corrected chi connectivity index (χ0v) is 15.8. The fourth-order valence-electron chi connectivity index (χ4n) is 3.86. The third-order valence-electron chi connectivity index (χ3n) is 5.11. The minimum absolute atomic E-state index is 0.160. The van der Waals surface area contributed by atoms with E-state index in [1.165, 1.54) is 41.8 Å². The van der Waals surface area contributed by atoms with Crippen LogP contribution >= 0.6 is 11.8 Å². The summed E-state index contributed by atoms with van der Waals surface area (Å²) < 4.78 is 28.4. The number of benzene rings is 2. The number of anilines is 1. The minimum atomic E-state index is -1.16. The molecule has 1 spiro atoms. The van der Waals surface area contributed by atoms with Gasteiger partial charge in [0, 0.05) is 30.3 Å². The van der Waals surface area contributed by atoms with E-state index in [4.69, 9.17) is 0 Å². The summed E-state index contributed by atoms with van der Waals surface area (Å²) >= 11 is 1.40. The first-order chi connectivity index (χ1) is 12.9. The molecule has 2 amide bonds. The number of fused-ring (bicyclic) bond motifs is 2. The Kier molecular flexibility index (Phi) is 4.22. The van der Waals surface area contributed by atoms with Gasteiger partial charge in [0.2, 0.25) is 5.91 Å². The molecule has 4 rings (SSSR count). The zero-order valence-electron chi connectivity index (χ0n) is 15.0. The molecule has 2 heterocycles. The normalized spacial score (nSPS) is 21.3. The van der Waals surface area contributed by atoms with Crippen LogP contribution < -0.4 is 4.90 Å². The Morgan fingerprint density at radius 3 is 2.59 bits per heavy atom. The predicted molar refractivity (Wildman–Crippen MR) is 100 cm³/mol. The molecular weight excluding hydrogens is 370 g/mol. The third kappa shape index (κ3) is 2.56. The lowest BCUT2D eigenvalue weighted by molar-refractivity contribution is -0.138. The van der Waals surface area contributed by atoms with Crippen molar-refractivity contribution in [1.82, 2.24) is 4.90 Å². The van der Waals surface area contributed by atoms with Gasteiger partial charge in [-0.05, 0) is 25.1 Å². The summed E-state index contributed by atoms with van der Waals surface area (Å²) in [6.45, 7) is 3.59. The highest BCUT2D eigenvalue weighted by Crippen LogP contribution is 2.54. The summed E-state index contributed by atoms with van der Waals surface area (Å²) in [6, 6.07) is 9.18. The van der Waals surface area contributed by atoms with E-state index < -0.39 is 16.5 Å². The van der Waals surface area contributed by atoms with Gasteiger partial charge in [-0.3, -0.25) is 9.59 Å². The van der Waals surface area contributed by atoms with Crippen molar-refractivity contribution in [1.29, 1.82) is 0 Å². The molecular formula is C20H18F2N2O2S. The molecule has 7 heteroatoms. The lowest BCUT2D eigenvalue weighted by Gasteiger charge is -2.32. The fraction of sp³-hybridized carbons (Fsp3) is 0.300. The average Bonchev–Trinajstić information content (AvgIpc) is 3.15. The molecule has 2 aromatic rings. The van der Waals surface area contributed by atoms with E-state index in [2.05, 4.69) is 0 Å². The van der Waals surface area contributed by atoms with Crippen LogP contribution in [0, 0.1) is 18.6 Å². The monoisotopic (exact) mass is 388 g/mol. The molecule has 0 bridgehead atoms. The van der Waals surface area contributed by atoms with Gasteiger partial charge >= 0.3 is 0 Å². The maximum atomic E-state index is 14.2. The lowest BCUT2D eigenvalue weighted by atomic mass is 10.0. The molecule has 1 unspecified atom stereocenters. The van der Waals surface area contributed by atoms with Crippen molar-refractivity contribution in [2.24, 2.45) is 0 Å². The number of amides is 2. The van der Waals surface area contributed by atoms with Crippen LogP contribution in [0.5, 0.6) is 0 Å². The Labute approximate surface area is 160 Å². The van der Waals surface area contributed by atoms with Gasteiger partial charge < -0.3 is 9.80 Å². The number of thioether (sulfide) groups is 1. The van der Waals surface area contributed by atoms with Crippen molar-refractivity contribution in [3.8, 4) is 0 Å². The average molecular weight is 388 g/mol. The first kappa shape index (κ1) is 18.0. The van der Waals surface area contributed by atoms with Crippen LogP contribution in [0.1, 0.15) is 23.6 Å². The second-order valence-corrected chi connectivity index (χ2v) is 8.06. The Morgan fingerprint density at radius 2 is 1.93 bits per heavy atom. The number of hydrogen-bond acceptors (Lipinski definition) is 3. The van der Waals surface area contributed by atoms with E-state index >= 15 is 0 Å². The van der Waals surface area contributed by atoms with Gasteiger partial charge in [0.15, 0.2) is 4.87 Å². The number of hydrogen-bond donors (Lipinski definition) is 0. The molecule has 0 N–H and O–H groups in total. The highest BCUT2D eigenvalue weighted by Gasteiger charge is 2.58. The maximum absolute atomic E-state index is 14.2. The van der Waals surface area contributed by atoms with Crippen LogP contribution in [0.15, 0.2) is 36.4 Å². The van der Waals surface area contributed by atoms with E-state index in [-0.39, 0.29) is 23.9 Å². The van der Waals surface area contributed by atoms with Crippen molar-refractivity contribution >= 4 is 29.3 Å². The van der Waals surface area contributed by atoms with Gasteiger partial charge in [0.05, 0.1) is 12.2 Å². The van der Waals surface area contributed by atoms with Crippen molar-refractivity contribution in [2.75, 3.05) is 17.2 Å². The molecule has 2 aliphatic rings. The highest BCUT2D eigenvalue weighted by atomic mass is 32.2. The third-order valence-corrected chi connectivity index (χ3v) is 6.53. The molecule has 0 aliphatic carbocycles. The molecule has 1 atom stereocenters. The minimum Gasteiger partial charge on any atom is -0.315 e. The number of carbonyl (C=O) groups is 2. The Morgan fingerprint density at radius 1 is 1.22 bits per heavy atom. The number of nitrogens with zero attached hydrogens (tertiary/aromatic N) is 2. The quantitative estimate of drug-likeness (QED) is 0.790. The molecule has 2 aromatic carbocycles. The van der Waals surface area contributed by atoms with Gasteiger partial charge in [-0.15, -0.1) is 11.8 Å². The summed E-state index contributed by atoms with van der Waals surface area (Å²) in [7, 11) is 0. The van der Waals surface area contributed by atoms with E-state index in [1.54, 1.807) is 11.0 Å². The van der Waals surface area contributed by atoms with Crippen LogP contribution in [0.4, 0.5) is 14.5 Å². The predicted octanol–water partition coefficient (Wildman–Crippen LogP) is 3.57. The first-order valence-electron chi connectivity index (χ1n) is 8.64. The summed E-state index contributed by atoms with van der Waals surface area (Å²) in [5, 5.41) is 0. The van der Waals surface area contributed by atoms with Gasteiger partial charge in [-0.1, -0.05) is 23.8 Å². The van der Waals surface area contributed by atoms with Crippen molar-refractivity contribution in [2.45, 2.75) is 25.3 Å². The van der Waals surface area contributed by atoms with Gasteiger partial charge in [-0.2, -0.15) is 0 Å². The molecule has 1 saturated heterocycles. The molecule has 1 fully saturated rings. The topological polar surface area (TPSA) is 40.6 Å². The first-order valence-corrected chi connectivity index (χ1v) is 9.63. The molecule has 27 heavy (non-hydrogen) atoms. The van der Waals surface area contributed by atoms with E-state index in [0.29, 0.717) is 23.5 Å². The Bertz CT molecular complexity index is 945. The largest absolute Gasteiger partial charge is 0.315 e. The van der Waals surface area contributed by atoms with Crippen molar-refractivity contribution in [3.05, 3.63) is 64.7 Å². The van der Waals surface area contributed by atoms with Crippen LogP contribution in [0.2, 0.25) is 0 Å². The summed E-state index contributed by atoms with van der Waals surface area (Å²) in [4.78, 5) is 27.5. The van der Waals surface area contributed by atoms with E-state index in [9.17, 15) is 18.4 Å². The van der Waals surface area contributed by atoms with Crippen LogP contribution in [0.3, 0.4) is 0 Å².